The van der Waals surface area contributed by atoms with E-state index in [1.807, 2.05) is 24.3 Å². The second kappa shape index (κ2) is 6.19. The van der Waals surface area contributed by atoms with Crippen LogP contribution in [0.3, 0.4) is 0 Å². The van der Waals surface area contributed by atoms with Crippen LogP contribution in [0.5, 0.6) is 5.75 Å². The van der Waals surface area contributed by atoms with Crippen molar-refractivity contribution in [2.75, 3.05) is 20.1 Å². The maximum Gasteiger partial charge on any atom is 0.307 e. The van der Waals surface area contributed by atoms with Crippen LogP contribution in [0.25, 0.3) is 0 Å². The molecule has 1 spiro atoms. The number of piperidine rings is 1. The minimum Gasteiger partial charge on any atom is -0.487 e. The largest absolute Gasteiger partial charge is 0.487 e. The first-order valence-electron chi connectivity index (χ1n) is 8.74. The van der Waals surface area contributed by atoms with Crippen molar-refractivity contribution in [3.05, 3.63) is 47.7 Å². The van der Waals surface area contributed by atoms with Gasteiger partial charge in [0.1, 0.15) is 17.1 Å². The Morgan fingerprint density at radius 3 is 2.80 bits per heavy atom. The Bertz CT molecular complexity index is 778. The summed E-state index contributed by atoms with van der Waals surface area (Å²) in [5.74, 6) is 1.33. The Labute approximate surface area is 147 Å². The van der Waals surface area contributed by atoms with Gasteiger partial charge in [0.15, 0.2) is 0 Å². The fourth-order valence-corrected chi connectivity index (χ4v) is 3.76. The number of nitrogens with one attached hydrogen (secondary N) is 1. The van der Waals surface area contributed by atoms with Crippen molar-refractivity contribution in [3.63, 3.8) is 0 Å². The van der Waals surface area contributed by atoms with E-state index in [0.717, 1.165) is 43.7 Å². The lowest BCUT2D eigenvalue weighted by atomic mass is 9.80. The molecule has 0 aliphatic carbocycles. The molecule has 0 saturated carbocycles. The van der Waals surface area contributed by atoms with Crippen molar-refractivity contribution in [1.29, 1.82) is 0 Å². The van der Waals surface area contributed by atoms with Gasteiger partial charge < -0.3 is 19.4 Å². The van der Waals surface area contributed by atoms with Crippen LogP contribution in [0.4, 0.5) is 0 Å². The Morgan fingerprint density at radius 2 is 2.08 bits per heavy atom. The lowest BCUT2D eigenvalue weighted by molar-refractivity contribution is -0.0197. The van der Waals surface area contributed by atoms with Crippen LogP contribution in [0, 0.1) is 6.92 Å². The fraction of sp³-hybridized carbons (Fsp3) is 0.474. The molecular weight excluding hydrogens is 318 g/mol. The molecule has 1 atom stereocenters. The molecule has 1 aromatic carbocycles. The van der Waals surface area contributed by atoms with Crippen molar-refractivity contribution in [2.24, 2.45) is 0 Å². The number of ether oxygens (including phenoxy) is 1. The molecule has 6 nitrogen and oxygen atoms in total. The number of rotatable bonds is 2. The van der Waals surface area contributed by atoms with Crippen LogP contribution in [-0.4, -0.2) is 41.5 Å². The minimum atomic E-state index is -0.280. The van der Waals surface area contributed by atoms with E-state index in [1.165, 1.54) is 0 Å². The predicted octanol–water partition coefficient (Wildman–Crippen LogP) is 2.70. The third-order valence-corrected chi connectivity index (χ3v) is 5.22. The van der Waals surface area contributed by atoms with Gasteiger partial charge in [0.05, 0.1) is 12.2 Å². The normalized spacial score (nSPS) is 22.2. The van der Waals surface area contributed by atoms with E-state index in [2.05, 4.69) is 22.2 Å². The standard InChI is InChI=1S/C19H23N3O3/c1-13-12-20-18(24-13)17(23)21-15-11-19(7-9-22(2)10-8-19)25-16-6-4-3-5-14(15)16/h3-6,12,15H,7-11H2,1-2H3,(H,21,23). The molecule has 25 heavy (non-hydrogen) atoms. The van der Waals surface area contributed by atoms with E-state index >= 15 is 0 Å². The molecule has 2 aliphatic rings. The molecule has 0 bridgehead atoms. The summed E-state index contributed by atoms with van der Waals surface area (Å²) in [7, 11) is 2.13. The van der Waals surface area contributed by atoms with Gasteiger partial charge in [-0.05, 0) is 32.9 Å². The van der Waals surface area contributed by atoms with Gasteiger partial charge in [0.2, 0.25) is 0 Å². The van der Waals surface area contributed by atoms with Crippen LogP contribution in [-0.2, 0) is 0 Å². The number of fused-ring (bicyclic) bond motifs is 1. The van der Waals surface area contributed by atoms with E-state index in [9.17, 15) is 4.79 Å². The quantitative estimate of drug-likeness (QED) is 0.910. The SMILES string of the molecule is Cc1cnc(C(=O)NC2CC3(CCN(C)CC3)Oc3ccccc32)o1. The zero-order valence-electron chi connectivity index (χ0n) is 14.6. The summed E-state index contributed by atoms with van der Waals surface area (Å²) in [6.45, 7) is 3.78. The number of nitrogens with zero attached hydrogens (tertiary/aromatic N) is 2. The Morgan fingerprint density at radius 1 is 1.32 bits per heavy atom. The maximum absolute atomic E-state index is 12.5. The lowest BCUT2D eigenvalue weighted by Crippen LogP contribution is -2.51. The molecule has 2 aromatic rings. The number of aryl methyl sites for hydroxylation is 1. The van der Waals surface area contributed by atoms with Crippen LogP contribution in [0.15, 0.2) is 34.9 Å². The molecule has 1 amide bonds. The zero-order chi connectivity index (χ0) is 17.4. The number of likely N-dealkylation sites (tertiary alicyclic amines) is 1. The van der Waals surface area contributed by atoms with Crippen LogP contribution in [0.2, 0.25) is 0 Å². The summed E-state index contributed by atoms with van der Waals surface area (Å²) >= 11 is 0. The number of oxazole rings is 1. The molecule has 1 unspecified atom stereocenters. The number of aromatic nitrogens is 1. The van der Waals surface area contributed by atoms with E-state index in [-0.39, 0.29) is 23.4 Å². The molecule has 0 radical (unpaired) electrons. The van der Waals surface area contributed by atoms with E-state index < -0.39 is 0 Å². The summed E-state index contributed by atoms with van der Waals surface area (Å²) < 4.78 is 11.8. The van der Waals surface area contributed by atoms with E-state index in [0.29, 0.717) is 5.76 Å². The highest BCUT2D eigenvalue weighted by Crippen LogP contribution is 2.44. The Balaban J connectivity index is 1.60. The average Bonchev–Trinajstić information content (AvgIpc) is 3.04. The van der Waals surface area contributed by atoms with Crippen molar-refractivity contribution in [3.8, 4) is 5.75 Å². The number of hydrogen-bond acceptors (Lipinski definition) is 5. The first-order valence-corrected chi connectivity index (χ1v) is 8.74. The average molecular weight is 341 g/mol. The summed E-state index contributed by atoms with van der Waals surface area (Å²) in [5, 5.41) is 3.10. The van der Waals surface area contributed by atoms with Gasteiger partial charge in [-0.25, -0.2) is 4.98 Å². The molecule has 132 valence electrons. The fourth-order valence-electron chi connectivity index (χ4n) is 3.76. The molecule has 1 fully saturated rings. The molecule has 1 N–H and O–H groups in total. The molecular formula is C19H23N3O3. The van der Waals surface area contributed by atoms with Gasteiger partial charge in [-0.3, -0.25) is 4.79 Å². The predicted molar refractivity (Wildman–Crippen MR) is 92.6 cm³/mol. The maximum atomic E-state index is 12.5. The van der Waals surface area contributed by atoms with Gasteiger partial charge in [0.25, 0.3) is 5.89 Å². The lowest BCUT2D eigenvalue weighted by Gasteiger charge is -2.46. The van der Waals surface area contributed by atoms with E-state index in [1.54, 1.807) is 13.1 Å². The third kappa shape index (κ3) is 3.14. The first-order chi connectivity index (χ1) is 12.0. The molecule has 4 rings (SSSR count). The Hall–Kier alpha value is -2.34. The summed E-state index contributed by atoms with van der Waals surface area (Å²) in [5.41, 5.74) is 0.800. The summed E-state index contributed by atoms with van der Waals surface area (Å²) in [6.07, 6.45) is 4.25. The number of carbonyl (C=O) groups excluding carboxylic acids is 1. The number of hydrogen-bond donors (Lipinski definition) is 1. The van der Waals surface area contributed by atoms with Crippen molar-refractivity contribution in [1.82, 2.24) is 15.2 Å². The molecule has 3 heterocycles. The van der Waals surface area contributed by atoms with Crippen molar-refractivity contribution in [2.45, 2.75) is 37.8 Å². The number of carbonyl (C=O) groups is 1. The second-order valence-electron chi connectivity index (χ2n) is 7.13. The van der Waals surface area contributed by atoms with Gasteiger partial charge >= 0.3 is 5.91 Å². The minimum absolute atomic E-state index is 0.104. The molecule has 6 heteroatoms. The number of para-hydroxylation sites is 1. The van der Waals surface area contributed by atoms with Crippen LogP contribution in [0.1, 0.15) is 47.3 Å². The van der Waals surface area contributed by atoms with Gasteiger partial charge in [-0.1, -0.05) is 18.2 Å². The number of amides is 1. The smallest absolute Gasteiger partial charge is 0.307 e. The monoisotopic (exact) mass is 341 g/mol. The molecule has 2 aliphatic heterocycles. The van der Waals surface area contributed by atoms with Crippen LogP contribution < -0.4 is 10.1 Å². The highest BCUT2D eigenvalue weighted by atomic mass is 16.5. The van der Waals surface area contributed by atoms with E-state index in [4.69, 9.17) is 9.15 Å². The first kappa shape index (κ1) is 16.1. The summed E-state index contributed by atoms with van der Waals surface area (Å²) in [4.78, 5) is 18.9. The van der Waals surface area contributed by atoms with Gasteiger partial charge in [-0.2, -0.15) is 0 Å². The highest BCUT2D eigenvalue weighted by molar-refractivity contribution is 5.90. The number of benzene rings is 1. The van der Waals surface area contributed by atoms with Gasteiger partial charge in [-0.15, -0.1) is 0 Å². The Kier molecular flexibility index (Phi) is 4.00. The summed E-state index contributed by atoms with van der Waals surface area (Å²) in [6, 6.07) is 7.85. The van der Waals surface area contributed by atoms with Crippen molar-refractivity contribution < 1.29 is 13.9 Å². The third-order valence-electron chi connectivity index (χ3n) is 5.22. The topological polar surface area (TPSA) is 67.6 Å². The van der Waals surface area contributed by atoms with Gasteiger partial charge in [0, 0.05) is 25.1 Å². The second-order valence-corrected chi connectivity index (χ2v) is 7.13. The highest BCUT2D eigenvalue weighted by Gasteiger charge is 2.43. The van der Waals surface area contributed by atoms with Crippen molar-refractivity contribution >= 4 is 5.91 Å². The molecule has 1 aromatic heterocycles. The van der Waals surface area contributed by atoms with Crippen LogP contribution >= 0.6 is 0 Å². The zero-order valence-corrected chi connectivity index (χ0v) is 14.6. The molecule has 1 saturated heterocycles.